The third-order valence-corrected chi connectivity index (χ3v) is 3.74. The summed E-state index contributed by atoms with van der Waals surface area (Å²) in [5.74, 6) is 0.889. The van der Waals surface area contributed by atoms with Gasteiger partial charge in [-0.1, -0.05) is 0 Å². The van der Waals surface area contributed by atoms with Crippen LogP contribution in [0.1, 0.15) is 32.1 Å². The van der Waals surface area contributed by atoms with E-state index in [9.17, 15) is 4.79 Å². The number of amides is 1. The molecule has 0 aliphatic carbocycles. The molecule has 15 heavy (non-hydrogen) atoms. The number of likely N-dealkylation sites (tertiary alicyclic amines) is 1. The highest BCUT2D eigenvalue weighted by atomic mass is 35.5. The Morgan fingerprint density at radius 3 is 3.13 bits per heavy atom. The van der Waals surface area contributed by atoms with Gasteiger partial charge in [-0.15, -0.1) is 11.6 Å². The molecule has 0 aromatic heterocycles. The number of nitrogens with zero attached hydrogens (tertiary/aromatic N) is 1. The van der Waals surface area contributed by atoms with Crippen LogP contribution >= 0.6 is 11.6 Å². The molecule has 2 aliphatic rings. The van der Waals surface area contributed by atoms with E-state index >= 15 is 0 Å². The van der Waals surface area contributed by atoms with Gasteiger partial charge in [0, 0.05) is 30.9 Å². The Balaban J connectivity index is 1.92. The van der Waals surface area contributed by atoms with Gasteiger partial charge in [-0.25, -0.2) is 0 Å². The van der Waals surface area contributed by atoms with Crippen LogP contribution in [0, 0.1) is 0 Å². The van der Waals surface area contributed by atoms with Crippen molar-refractivity contribution in [2.24, 2.45) is 0 Å². The highest BCUT2D eigenvalue weighted by molar-refractivity contribution is 6.17. The van der Waals surface area contributed by atoms with Crippen LogP contribution in [0.25, 0.3) is 0 Å². The van der Waals surface area contributed by atoms with Gasteiger partial charge in [0.25, 0.3) is 0 Å². The standard InChI is InChI=1S/C11H19ClN2O/c12-6-1-4-11(15)14-8-2-3-9-10(14)5-7-13-9/h9-10,13H,1-8H2. The molecule has 4 heteroatoms. The summed E-state index contributed by atoms with van der Waals surface area (Å²) in [5.41, 5.74) is 0. The fourth-order valence-electron chi connectivity index (χ4n) is 2.74. The second-order valence-electron chi connectivity index (χ2n) is 4.44. The lowest BCUT2D eigenvalue weighted by Crippen LogP contribution is -2.50. The van der Waals surface area contributed by atoms with Gasteiger partial charge in [0.1, 0.15) is 0 Å². The molecule has 1 amide bonds. The van der Waals surface area contributed by atoms with Gasteiger partial charge in [-0.2, -0.15) is 0 Å². The van der Waals surface area contributed by atoms with Crippen LogP contribution in [-0.2, 0) is 4.79 Å². The summed E-state index contributed by atoms with van der Waals surface area (Å²) < 4.78 is 0. The van der Waals surface area contributed by atoms with E-state index < -0.39 is 0 Å². The molecule has 0 radical (unpaired) electrons. The molecule has 1 N–H and O–H groups in total. The molecule has 0 saturated carbocycles. The summed E-state index contributed by atoms with van der Waals surface area (Å²) in [6, 6.07) is 1.01. The van der Waals surface area contributed by atoms with Crippen LogP contribution in [0.2, 0.25) is 0 Å². The number of piperidine rings is 1. The van der Waals surface area contributed by atoms with Crippen molar-refractivity contribution in [2.45, 2.75) is 44.2 Å². The number of halogens is 1. The van der Waals surface area contributed by atoms with Crippen molar-refractivity contribution in [3.8, 4) is 0 Å². The van der Waals surface area contributed by atoms with Crippen molar-refractivity contribution < 1.29 is 4.79 Å². The lowest BCUT2D eigenvalue weighted by Gasteiger charge is -2.37. The smallest absolute Gasteiger partial charge is 0.222 e. The van der Waals surface area contributed by atoms with E-state index in [1.54, 1.807) is 0 Å². The molecule has 0 aromatic carbocycles. The maximum Gasteiger partial charge on any atom is 0.222 e. The zero-order valence-electron chi connectivity index (χ0n) is 9.04. The SMILES string of the molecule is O=C(CCCCl)N1CCCC2NCCC21. The molecule has 86 valence electrons. The number of fused-ring (bicyclic) bond motifs is 1. The van der Waals surface area contributed by atoms with E-state index in [2.05, 4.69) is 10.2 Å². The Bertz CT molecular complexity index is 235. The van der Waals surface area contributed by atoms with Crippen LogP contribution in [0.4, 0.5) is 0 Å². The molecule has 2 heterocycles. The summed E-state index contributed by atoms with van der Waals surface area (Å²) in [5, 5.41) is 3.48. The lowest BCUT2D eigenvalue weighted by atomic mass is 9.97. The van der Waals surface area contributed by atoms with Crippen molar-refractivity contribution in [1.29, 1.82) is 0 Å². The van der Waals surface area contributed by atoms with Gasteiger partial charge in [0.05, 0.1) is 0 Å². The molecule has 2 atom stereocenters. The van der Waals surface area contributed by atoms with Gasteiger partial charge < -0.3 is 10.2 Å². The number of nitrogens with one attached hydrogen (secondary N) is 1. The fraction of sp³-hybridized carbons (Fsp3) is 0.909. The van der Waals surface area contributed by atoms with Crippen molar-refractivity contribution in [3.63, 3.8) is 0 Å². The van der Waals surface area contributed by atoms with Crippen molar-refractivity contribution in [3.05, 3.63) is 0 Å². The van der Waals surface area contributed by atoms with Crippen molar-refractivity contribution in [1.82, 2.24) is 10.2 Å². The number of rotatable bonds is 3. The zero-order chi connectivity index (χ0) is 10.7. The molecule has 2 saturated heterocycles. The van der Waals surface area contributed by atoms with Crippen LogP contribution in [0.5, 0.6) is 0 Å². The molecule has 0 spiro atoms. The minimum absolute atomic E-state index is 0.300. The molecule has 2 fully saturated rings. The third-order valence-electron chi connectivity index (χ3n) is 3.47. The van der Waals surface area contributed by atoms with Crippen LogP contribution in [0.3, 0.4) is 0 Å². The largest absolute Gasteiger partial charge is 0.338 e. The molecule has 0 aromatic rings. The first kappa shape index (κ1) is 11.2. The molecule has 2 unspecified atom stereocenters. The minimum atomic E-state index is 0.300. The average Bonchev–Trinajstić information content (AvgIpc) is 2.73. The quantitative estimate of drug-likeness (QED) is 0.743. The number of hydrogen-bond donors (Lipinski definition) is 1. The minimum Gasteiger partial charge on any atom is -0.338 e. The van der Waals surface area contributed by atoms with Crippen LogP contribution < -0.4 is 5.32 Å². The van der Waals surface area contributed by atoms with Gasteiger partial charge in [0.15, 0.2) is 0 Å². The van der Waals surface area contributed by atoms with Gasteiger partial charge in [0.2, 0.25) is 5.91 Å². The monoisotopic (exact) mass is 230 g/mol. The lowest BCUT2D eigenvalue weighted by molar-refractivity contribution is -0.135. The predicted octanol–water partition coefficient (Wildman–Crippen LogP) is 1.36. The normalized spacial score (nSPS) is 30.3. The van der Waals surface area contributed by atoms with Gasteiger partial charge in [-0.3, -0.25) is 4.79 Å². The Labute approximate surface area is 96.2 Å². The van der Waals surface area contributed by atoms with E-state index in [0.717, 1.165) is 32.4 Å². The topological polar surface area (TPSA) is 32.3 Å². The Morgan fingerprint density at radius 1 is 1.47 bits per heavy atom. The molecular weight excluding hydrogens is 212 g/mol. The number of alkyl halides is 1. The molecule has 0 bridgehead atoms. The maximum atomic E-state index is 11.9. The zero-order valence-corrected chi connectivity index (χ0v) is 9.80. The molecule has 3 nitrogen and oxygen atoms in total. The summed E-state index contributed by atoms with van der Waals surface area (Å²) in [6.45, 7) is 2.01. The number of carbonyl (C=O) groups is 1. The van der Waals surface area contributed by atoms with Crippen LogP contribution in [0.15, 0.2) is 0 Å². The van der Waals surface area contributed by atoms with E-state index in [0.29, 0.717) is 30.3 Å². The summed E-state index contributed by atoms with van der Waals surface area (Å²) in [4.78, 5) is 14.0. The van der Waals surface area contributed by atoms with E-state index in [4.69, 9.17) is 11.6 Å². The Hall–Kier alpha value is -0.280. The molecule has 2 rings (SSSR count). The average molecular weight is 231 g/mol. The first-order valence-electron chi connectivity index (χ1n) is 5.92. The third kappa shape index (κ3) is 2.45. The second-order valence-corrected chi connectivity index (χ2v) is 4.82. The Kier molecular flexibility index (Phi) is 3.87. The van der Waals surface area contributed by atoms with Crippen molar-refractivity contribution in [2.75, 3.05) is 19.0 Å². The summed E-state index contributed by atoms with van der Waals surface area (Å²) >= 11 is 5.61. The summed E-state index contributed by atoms with van der Waals surface area (Å²) in [7, 11) is 0. The van der Waals surface area contributed by atoms with Crippen LogP contribution in [-0.4, -0.2) is 41.9 Å². The molecular formula is C11H19ClN2O. The first-order valence-corrected chi connectivity index (χ1v) is 6.45. The highest BCUT2D eigenvalue weighted by Crippen LogP contribution is 2.25. The van der Waals surface area contributed by atoms with E-state index in [1.165, 1.54) is 6.42 Å². The maximum absolute atomic E-state index is 11.9. The summed E-state index contributed by atoms with van der Waals surface area (Å²) in [6.07, 6.45) is 4.91. The highest BCUT2D eigenvalue weighted by Gasteiger charge is 2.36. The second kappa shape index (κ2) is 5.17. The number of carbonyl (C=O) groups excluding carboxylic acids is 1. The van der Waals surface area contributed by atoms with Gasteiger partial charge in [-0.05, 0) is 32.2 Å². The number of hydrogen-bond acceptors (Lipinski definition) is 2. The Morgan fingerprint density at radius 2 is 2.33 bits per heavy atom. The van der Waals surface area contributed by atoms with E-state index in [1.807, 2.05) is 0 Å². The predicted molar refractivity (Wildman–Crippen MR) is 61.1 cm³/mol. The molecule has 2 aliphatic heterocycles. The fourth-order valence-corrected chi connectivity index (χ4v) is 2.87. The van der Waals surface area contributed by atoms with Gasteiger partial charge >= 0.3 is 0 Å². The van der Waals surface area contributed by atoms with E-state index in [-0.39, 0.29) is 0 Å². The first-order chi connectivity index (χ1) is 7.33. The van der Waals surface area contributed by atoms with Crippen molar-refractivity contribution >= 4 is 17.5 Å².